The van der Waals surface area contributed by atoms with E-state index in [0.717, 1.165) is 12.1 Å². The number of nitro benzene ring substituents is 1. The van der Waals surface area contributed by atoms with Crippen molar-refractivity contribution in [2.45, 2.75) is 37.6 Å². The van der Waals surface area contributed by atoms with Crippen molar-refractivity contribution in [3.63, 3.8) is 0 Å². The standard InChI is InChI=1S/C14H20FN3O4S.ClH/c1-9-13(15)7-12(8-14(9)18(19)20)23(21,22)17-5-3-11(4-6-17)10(2)16;/h7-8,10-11H,3-6,16H2,1-2H3;1H. The van der Waals surface area contributed by atoms with Crippen molar-refractivity contribution in [1.29, 1.82) is 0 Å². The van der Waals surface area contributed by atoms with Crippen LogP contribution >= 0.6 is 12.4 Å². The van der Waals surface area contributed by atoms with Crippen LogP contribution in [0.15, 0.2) is 17.0 Å². The number of hydrogen-bond acceptors (Lipinski definition) is 5. The first kappa shape index (κ1) is 20.8. The van der Waals surface area contributed by atoms with Gasteiger partial charge in [-0.15, -0.1) is 12.4 Å². The zero-order valence-corrected chi connectivity index (χ0v) is 15.1. The molecule has 1 unspecified atom stereocenters. The van der Waals surface area contributed by atoms with E-state index in [9.17, 15) is 22.9 Å². The van der Waals surface area contributed by atoms with Crippen LogP contribution in [-0.4, -0.2) is 36.8 Å². The number of nitrogens with two attached hydrogens (primary N) is 1. The third-order valence-corrected chi connectivity index (χ3v) is 6.24. The average Bonchev–Trinajstić information content (AvgIpc) is 2.49. The molecule has 1 aromatic rings. The molecule has 136 valence electrons. The van der Waals surface area contributed by atoms with Crippen LogP contribution < -0.4 is 5.73 Å². The van der Waals surface area contributed by atoms with Gasteiger partial charge in [0.15, 0.2) is 0 Å². The fourth-order valence-corrected chi connectivity index (χ4v) is 4.27. The van der Waals surface area contributed by atoms with Gasteiger partial charge in [-0.2, -0.15) is 4.31 Å². The number of piperidine rings is 1. The van der Waals surface area contributed by atoms with Crippen molar-refractivity contribution in [3.05, 3.63) is 33.6 Å². The highest BCUT2D eigenvalue weighted by atomic mass is 35.5. The molecule has 10 heteroatoms. The first-order valence-corrected chi connectivity index (χ1v) is 8.79. The van der Waals surface area contributed by atoms with Crippen LogP contribution in [0.4, 0.5) is 10.1 Å². The van der Waals surface area contributed by atoms with E-state index in [1.807, 2.05) is 6.92 Å². The zero-order valence-electron chi connectivity index (χ0n) is 13.4. The molecule has 1 aliphatic heterocycles. The van der Waals surface area contributed by atoms with Gasteiger partial charge >= 0.3 is 0 Å². The van der Waals surface area contributed by atoms with Crippen molar-refractivity contribution >= 4 is 28.1 Å². The Morgan fingerprint density at radius 2 is 1.92 bits per heavy atom. The minimum Gasteiger partial charge on any atom is -0.328 e. The van der Waals surface area contributed by atoms with Crippen LogP contribution in [0.1, 0.15) is 25.3 Å². The minimum atomic E-state index is -3.96. The lowest BCUT2D eigenvalue weighted by molar-refractivity contribution is -0.385. The van der Waals surface area contributed by atoms with Crippen LogP contribution in [0, 0.1) is 28.8 Å². The van der Waals surface area contributed by atoms with Gasteiger partial charge in [0.25, 0.3) is 5.69 Å². The van der Waals surface area contributed by atoms with Gasteiger partial charge in [-0.25, -0.2) is 12.8 Å². The molecule has 24 heavy (non-hydrogen) atoms. The van der Waals surface area contributed by atoms with Crippen molar-refractivity contribution in [2.24, 2.45) is 11.7 Å². The van der Waals surface area contributed by atoms with E-state index in [4.69, 9.17) is 5.73 Å². The summed E-state index contributed by atoms with van der Waals surface area (Å²) in [7, 11) is -3.96. The summed E-state index contributed by atoms with van der Waals surface area (Å²) in [5.41, 5.74) is 5.12. The van der Waals surface area contributed by atoms with Gasteiger partial charge in [-0.05, 0) is 38.7 Å². The number of hydrogen-bond donors (Lipinski definition) is 1. The maximum Gasteiger partial charge on any atom is 0.276 e. The zero-order chi connectivity index (χ0) is 17.4. The van der Waals surface area contributed by atoms with Crippen LogP contribution in [0.2, 0.25) is 0 Å². The number of halogens is 2. The predicted molar refractivity (Wildman–Crippen MR) is 90.2 cm³/mol. The normalized spacial score (nSPS) is 18.0. The Labute approximate surface area is 146 Å². The summed E-state index contributed by atoms with van der Waals surface area (Å²) < 4.78 is 40.3. The van der Waals surface area contributed by atoms with E-state index in [0.29, 0.717) is 12.8 Å². The highest BCUT2D eigenvalue weighted by Gasteiger charge is 2.32. The molecule has 2 N–H and O–H groups in total. The molecule has 0 bridgehead atoms. The summed E-state index contributed by atoms with van der Waals surface area (Å²) in [6.07, 6.45) is 1.24. The Morgan fingerprint density at radius 3 is 2.38 bits per heavy atom. The second-order valence-corrected chi connectivity index (χ2v) is 7.84. The van der Waals surface area contributed by atoms with Crippen LogP contribution in [0.3, 0.4) is 0 Å². The lowest BCUT2D eigenvalue weighted by Crippen LogP contribution is -2.42. The first-order chi connectivity index (χ1) is 10.6. The van der Waals surface area contributed by atoms with Crippen molar-refractivity contribution in [3.8, 4) is 0 Å². The molecule has 1 fully saturated rings. The summed E-state index contributed by atoms with van der Waals surface area (Å²) in [5.74, 6) is -0.659. The number of nitrogens with zero attached hydrogens (tertiary/aromatic N) is 2. The van der Waals surface area contributed by atoms with E-state index in [-0.39, 0.29) is 47.9 Å². The second-order valence-electron chi connectivity index (χ2n) is 5.91. The molecule has 1 aliphatic rings. The predicted octanol–water partition coefficient (Wildman–Crippen LogP) is 2.21. The van der Waals surface area contributed by atoms with E-state index >= 15 is 0 Å². The molecule has 0 amide bonds. The van der Waals surface area contributed by atoms with Crippen LogP contribution in [0.25, 0.3) is 0 Å². The topological polar surface area (TPSA) is 107 Å². The molecule has 0 radical (unpaired) electrons. The fraction of sp³-hybridized carbons (Fsp3) is 0.571. The molecule has 1 saturated heterocycles. The van der Waals surface area contributed by atoms with E-state index in [1.165, 1.54) is 11.2 Å². The van der Waals surface area contributed by atoms with Gasteiger partial charge in [0.2, 0.25) is 10.0 Å². The van der Waals surface area contributed by atoms with E-state index in [1.54, 1.807) is 0 Å². The Kier molecular flexibility index (Phi) is 6.68. The number of benzene rings is 1. The van der Waals surface area contributed by atoms with Crippen LogP contribution in [-0.2, 0) is 10.0 Å². The highest BCUT2D eigenvalue weighted by Crippen LogP contribution is 2.29. The molecule has 0 aromatic heterocycles. The molecule has 0 saturated carbocycles. The maximum absolute atomic E-state index is 13.9. The van der Waals surface area contributed by atoms with Crippen LogP contribution in [0.5, 0.6) is 0 Å². The van der Waals surface area contributed by atoms with Gasteiger partial charge < -0.3 is 5.73 Å². The monoisotopic (exact) mass is 381 g/mol. The molecule has 0 spiro atoms. The molecule has 1 heterocycles. The Balaban J connectivity index is 0.00000288. The van der Waals surface area contributed by atoms with E-state index in [2.05, 4.69) is 0 Å². The third-order valence-electron chi connectivity index (χ3n) is 4.37. The molecular formula is C14H21ClFN3O4S. The number of rotatable bonds is 4. The van der Waals surface area contributed by atoms with Gasteiger partial charge in [-0.1, -0.05) is 0 Å². The summed E-state index contributed by atoms with van der Waals surface area (Å²) in [6.45, 7) is 3.68. The fourth-order valence-electron chi connectivity index (χ4n) is 2.77. The molecule has 2 rings (SSSR count). The molecule has 1 aromatic carbocycles. The summed E-state index contributed by atoms with van der Waals surface area (Å²) in [5, 5.41) is 11.0. The molecule has 1 atom stereocenters. The average molecular weight is 382 g/mol. The van der Waals surface area contributed by atoms with Crippen molar-refractivity contribution < 1.29 is 17.7 Å². The Hall–Kier alpha value is -1.29. The third kappa shape index (κ3) is 4.02. The highest BCUT2D eigenvalue weighted by molar-refractivity contribution is 7.89. The smallest absolute Gasteiger partial charge is 0.276 e. The number of sulfonamides is 1. The van der Waals surface area contributed by atoms with Gasteiger partial charge in [0.1, 0.15) is 5.82 Å². The van der Waals surface area contributed by atoms with Gasteiger partial charge in [-0.3, -0.25) is 10.1 Å². The second kappa shape index (κ2) is 7.73. The van der Waals surface area contributed by atoms with Gasteiger partial charge in [0.05, 0.1) is 15.4 Å². The first-order valence-electron chi connectivity index (χ1n) is 7.35. The van der Waals surface area contributed by atoms with Gasteiger partial charge in [0, 0.05) is 25.2 Å². The Bertz CT molecular complexity index is 719. The maximum atomic E-state index is 13.9. The molecular weight excluding hydrogens is 361 g/mol. The SMILES string of the molecule is Cc1c(F)cc(S(=O)(=O)N2CCC(C(C)N)CC2)cc1[N+](=O)[O-].Cl. The number of nitro groups is 1. The summed E-state index contributed by atoms with van der Waals surface area (Å²) >= 11 is 0. The lowest BCUT2D eigenvalue weighted by Gasteiger charge is -2.32. The Morgan fingerprint density at radius 1 is 1.38 bits per heavy atom. The molecule has 7 nitrogen and oxygen atoms in total. The quantitative estimate of drug-likeness (QED) is 0.635. The van der Waals surface area contributed by atoms with Crippen molar-refractivity contribution in [2.75, 3.05) is 13.1 Å². The minimum absolute atomic E-state index is 0. The van der Waals surface area contributed by atoms with E-state index < -0.39 is 26.5 Å². The summed E-state index contributed by atoms with van der Waals surface area (Å²) in [4.78, 5) is 9.80. The summed E-state index contributed by atoms with van der Waals surface area (Å²) in [6, 6.07) is 1.75. The van der Waals surface area contributed by atoms with Crippen molar-refractivity contribution in [1.82, 2.24) is 4.31 Å². The largest absolute Gasteiger partial charge is 0.328 e. The molecule has 0 aliphatic carbocycles. The lowest BCUT2D eigenvalue weighted by atomic mass is 9.92.